The number of aliphatic carboxylic acids is 1. The minimum atomic E-state index is -3.99. The van der Waals surface area contributed by atoms with E-state index in [1.54, 1.807) is 35.5 Å². The van der Waals surface area contributed by atoms with Gasteiger partial charge in [0.15, 0.2) is 0 Å². The van der Waals surface area contributed by atoms with Crippen LogP contribution in [-0.4, -0.2) is 37.0 Å². The number of sulfonamides is 1. The molecule has 0 radical (unpaired) electrons. The lowest BCUT2D eigenvalue weighted by Crippen LogP contribution is -2.40. The Morgan fingerprint density at radius 3 is 2.46 bits per heavy atom. The van der Waals surface area contributed by atoms with Crippen molar-refractivity contribution in [1.82, 2.24) is 4.98 Å². The van der Waals surface area contributed by atoms with E-state index in [0.29, 0.717) is 25.1 Å². The van der Waals surface area contributed by atoms with E-state index in [4.69, 9.17) is 10.8 Å². The van der Waals surface area contributed by atoms with Crippen LogP contribution < -0.4 is 10.6 Å². The number of nitrogens with zero attached hydrogens (tertiary/aromatic N) is 3. The van der Waals surface area contributed by atoms with Crippen LogP contribution in [0.4, 0.5) is 5.69 Å². The van der Waals surface area contributed by atoms with Crippen molar-refractivity contribution in [2.75, 3.05) is 11.4 Å². The summed E-state index contributed by atoms with van der Waals surface area (Å²) in [6, 6.07) is 19.4. The summed E-state index contributed by atoms with van der Waals surface area (Å²) in [5.74, 6) is -0.785. The highest BCUT2D eigenvalue weighted by Gasteiger charge is 2.19. The zero-order chi connectivity index (χ0) is 26.8. The van der Waals surface area contributed by atoms with E-state index in [1.807, 2.05) is 56.3 Å². The minimum Gasteiger partial charge on any atom is -0.481 e. The molecule has 0 fully saturated rings. The van der Waals surface area contributed by atoms with Crippen LogP contribution in [0.15, 0.2) is 94.5 Å². The molecule has 0 aliphatic carbocycles. The number of guanidine groups is 1. The number of allylic oxidation sites excluding steroid dienone is 1. The summed E-state index contributed by atoms with van der Waals surface area (Å²) >= 11 is 0. The molecule has 9 heteroatoms. The van der Waals surface area contributed by atoms with Gasteiger partial charge in [0.1, 0.15) is 0 Å². The normalized spacial score (nSPS) is 12.5. The van der Waals surface area contributed by atoms with Crippen LogP contribution in [0.25, 0.3) is 5.57 Å². The van der Waals surface area contributed by atoms with Crippen molar-refractivity contribution in [2.45, 2.75) is 38.0 Å². The van der Waals surface area contributed by atoms with Crippen LogP contribution in [0.5, 0.6) is 0 Å². The Balaban J connectivity index is 2.02. The Morgan fingerprint density at radius 1 is 1.08 bits per heavy atom. The van der Waals surface area contributed by atoms with Crippen LogP contribution in [0, 0.1) is 5.92 Å². The molecule has 194 valence electrons. The molecule has 0 saturated carbocycles. The molecule has 0 saturated heterocycles. The molecular formula is C28H32N4O4S. The second kappa shape index (κ2) is 12.8. The fourth-order valence-corrected chi connectivity index (χ4v) is 4.73. The highest BCUT2D eigenvalue weighted by atomic mass is 32.2. The van der Waals surface area contributed by atoms with Gasteiger partial charge in [-0.05, 0) is 60.2 Å². The summed E-state index contributed by atoms with van der Waals surface area (Å²) in [4.78, 5) is 16.9. The Labute approximate surface area is 218 Å². The quantitative estimate of drug-likeness (QED) is 0.208. The molecule has 0 amide bonds. The van der Waals surface area contributed by atoms with Gasteiger partial charge in [-0.2, -0.15) is 8.42 Å². The molecule has 3 rings (SSSR count). The summed E-state index contributed by atoms with van der Waals surface area (Å²) in [6.07, 6.45) is 6.62. The largest absolute Gasteiger partial charge is 0.481 e. The Bertz CT molecular complexity index is 1360. The molecule has 0 spiro atoms. The van der Waals surface area contributed by atoms with Crippen molar-refractivity contribution >= 4 is 33.2 Å². The first-order chi connectivity index (χ1) is 17.7. The number of unbranched alkanes of at least 4 members (excludes halogenated alkanes) is 1. The highest BCUT2D eigenvalue weighted by molar-refractivity contribution is 7.90. The number of pyridine rings is 1. The Morgan fingerprint density at radius 2 is 1.81 bits per heavy atom. The van der Waals surface area contributed by atoms with Gasteiger partial charge in [0.2, 0.25) is 5.96 Å². The third-order valence-corrected chi connectivity index (χ3v) is 6.76. The molecule has 0 aliphatic heterocycles. The Kier molecular flexibility index (Phi) is 9.57. The number of aromatic nitrogens is 1. The smallest absolute Gasteiger partial charge is 0.303 e. The van der Waals surface area contributed by atoms with Crippen LogP contribution in [0.3, 0.4) is 0 Å². The van der Waals surface area contributed by atoms with E-state index in [-0.39, 0.29) is 23.2 Å². The molecule has 0 bridgehead atoms. The predicted molar refractivity (Wildman–Crippen MR) is 147 cm³/mol. The van der Waals surface area contributed by atoms with Gasteiger partial charge in [0.25, 0.3) is 10.0 Å². The molecule has 1 heterocycles. The van der Waals surface area contributed by atoms with Crippen LogP contribution in [0.2, 0.25) is 0 Å². The molecule has 8 nitrogen and oxygen atoms in total. The van der Waals surface area contributed by atoms with E-state index < -0.39 is 16.0 Å². The van der Waals surface area contributed by atoms with E-state index >= 15 is 0 Å². The van der Waals surface area contributed by atoms with Crippen molar-refractivity contribution in [2.24, 2.45) is 16.0 Å². The van der Waals surface area contributed by atoms with Crippen molar-refractivity contribution < 1.29 is 18.3 Å². The fraction of sp³-hybridized carbons (Fsp3) is 0.250. The van der Waals surface area contributed by atoms with Gasteiger partial charge >= 0.3 is 5.97 Å². The van der Waals surface area contributed by atoms with Crippen molar-refractivity contribution in [3.63, 3.8) is 0 Å². The number of hydrogen-bond donors (Lipinski definition) is 2. The van der Waals surface area contributed by atoms with E-state index in [1.165, 1.54) is 12.1 Å². The number of rotatable bonds is 11. The molecule has 2 aromatic carbocycles. The van der Waals surface area contributed by atoms with Crippen molar-refractivity contribution in [3.8, 4) is 0 Å². The van der Waals surface area contributed by atoms with E-state index in [2.05, 4.69) is 9.38 Å². The number of benzene rings is 2. The van der Waals surface area contributed by atoms with Crippen molar-refractivity contribution in [1.29, 1.82) is 0 Å². The summed E-state index contributed by atoms with van der Waals surface area (Å²) in [7, 11) is -3.99. The lowest BCUT2D eigenvalue weighted by molar-refractivity contribution is -0.137. The summed E-state index contributed by atoms with van der Waals surface area (Å²) < 4.78 is 29.7. The van der Waals surface area contributed by atoms with Crippen molar-refractivity contribution in [3.05, 3.63) is 96.3 Å². The third-order valence-electron chi connectivity index (χ3n) is 5.46. The first-order valence-electron chi connectivity index (χ1n) is 12.0. The molecule has 3 N–H and O–H groups in total. The maximum absolute atomic E-state index is 12.9. The van der Waals surface area contributed by atoms with Gasteiger partial charge in [-0.25, -0.2) is 0 Å². The molecule has 0 unspecified atom stereocenters. The first-order valence-corrected chi connectivity index (χ1v) is 13.5. The average Bonchev–Trinajstić information content (AvgIpc) is 2.88. The van der Waals surface area contributed by atoms with Gasteiger partial charge in [-0.1, -0.05) is 56.3 Å². The number of carbonyl (C=O) groups is 1. The number of carboxylic acid groups (broad SMARTS) is 1. The minimum absolute atomic E-state index is 0.0688. The average molecular weight is 521 g/mol. The number of carboxylic acids is 1. The maximum atomic E-state index is 12.9. The molecule has 0 aliphatic rings. The molecule has 37 heavy (non-hydrogen) atoms. The molecule has 1 aromatic heterocycles. The van der Waals surface area contributed by atoms with E-state index in [9.17, 15) is 13.2 Å². The van der Waals surface area contributed by atoms with Gasteiger partial charge < -0.3 is 15.7 Å². The monoisotopic (exact) mass is 520 g/mol. The van der Waals surface area contributed by atoms with Gasteiger partial charge in [0, 0.05) is 36.6 Å². The highest BCUT2D eigenvalue weighted by Crippen LogP contribution is 2.28. The topological polar surface area (TPSA) is 126 Å². The van der Waals surface area contributed by atoms with Gasteiger partial charge in [-0.15, -0.1) is 4.40 Å². The number of anilines is 1. The Hall–Kier alpha value is -3.98. The third kappa shape index (κ3) is 8.01. The predicted octanol–water partition coefficient (Wildman–Crippen LogP) is 4.93. The summed E-state index contributed by atoms with van der Waals surface area (Å²) in [5, 5.41) is 8.99. The molecular weight excluding hydrogens is 488 g/mol. The van der Waals surface area contributed by atoms with Gasteiger partial charge in [-0.3, -0.25) is 9.78 Å². The zero-order valence-corrected chi connectivity index (χ0v) is 21.8. The summed E-state index contributed by atoms with van der Waals surface area (Å²) in [5.41, 5.74) is 9.65. The van der Waals surface area contributed by atoms with E-state index in [0.717, 1.165) is 16.7 Å². The SMILES string of the molecule is CC(C)CN(C(N)=NS(=O)(=O)c1ccccc1)c1cccc(/C(=C\CCCC(=O)O)c2cccnc2)c1. The zero-order valence-electron chi connectivity index (χ0n) is 21.0. The second-order valence-corrected chi connectivity index (χ2v) is 10.5. The standard InChI is InChI=1S/C28H32N4O4S/c1-21(2)20-32(28(29)31-37(35,36)25-13-4-3-5-14-25)24-12-8-10-22(18-24)26(15-6-7-16-27(33)34)23-11-9-17-30-19-23/h3-5,8-15,17-19,21H,6-7,16,20H2,1-2H3,(H2,29,31)(H,33,34)/b26-15+. The number of hydrogen-bond acceptors (Lipinski definition) is 4. The lowest BCUT2D eigenvalue weighted by atomic mass is 9.97. The number of nitrogens with two attached hydrogens (primary N) is 1. The van der Waals surface area contributed by atoms with Crippen LogP contribution in [-0.2, 0) is 14.8 Å². The van der Waals surface area contributed by atoms with Gasteiger partial charge in [0.05, 0.1) is 4.90 Å². The summed E-state index contributed by atoms with van der Waals surface area (Å²) in [6.45, 7) is 4.48. The fourth-order valence-electron chi connectivity index (χ4n) is 3.78. The maximum Gasteiger partial charge on any atom is 0.303 e. The van der Waals surface area contributed by atoms with Crippen LogP contribution in [0.1, 0.15) is 44.2 Å². The lowest BCUT2D eigenvalue weighted by Gasteiger charge is -2.26. The second-order valence-electron chi connectivity index (χ2n) is 8.94. The first kappa shape index (κ1) is 27.6. The molecule has 3 aromatic rings. The molecule has 0 atom stereocenters. The van der Waals surface area contributed by atoms with Crippen LogP contribution >= 0.6 is 0 Å².